The van der Waals surface area contributed by atoms with Crippen LogP contribution in [-0.2, 0) is 13.1 Å². The Morgan fingerprint density at radius 3 is 2.75 bits per heavy atom. The van der Waals surface area contributed by atoms with E-state index in [1.807, 2.05) is 18.2 Å². The standard InChI is InChI=1S/C24H30Cl2FN3OS/c1-4-32-23-6-5-18(25)9-17(23)12-28-24(31)16-10-21(26)20(22(27)11-16)14-30-8-7-19(13-30)29-15(2)3/h5-6,9-11,15,19,29H,4,7-8,12-14H2,1-3H3,(H,28,31)/t19-/m0/s1. The highest BCUT2D eigenvalue weighted by molar-refractivity contribution is 7.99. The molecule has 0 saturated carbocycles. The first-order valence-corrected chi connectivity index (χ1v) is 12.7. The van der Waals surface area contributed by atoms with Crippen molar-refractivity contribution in [1.29, 1.82) is 0 Å². The van der Waals surface area contributed by atoms with Crippen LogP contribution >= 0.6 is 35.0 Å². The van der Waals surface area contributed by atoms with Crippen LogP contribution in [0.4, 0.5) is 4.39 Å². The van der Waals surface area contributed by atoms with Crippen molar-refractivity contribution in [3.63, 3.8) is 0 Å². The Balaban J connectivity index is 1.65. The molecule has 2 N–H and O–H groups in total. The predicted octanol–water partition coefficient (Wildman–Crippen LogP) is 5.75. The number of benzene rings is 2. The molecule has 4 nitrogen and oxygen atoms in total. The third-order valence-electron chi connectivity index (χ3n) is 5.39. The Bertz CT molecular complexity index is 934. The van der Waals surface area contributed by atoms with Crippen LogP contribution in [-0.4, -0.2) is 41.7 Å². The minimum Gasteiger partial charge on any atom is -0.348 e. The summed E-state index contributed by atoms with van der Waals surface area (Å²) in [5.41, 5.74) is 1.58. The zero-order valence-corrected chi connectivity index (χ0v) is 21.0. The molecule has 0 aromatic heterocycles. The third-order valence-corrected chi connectivity index (χ3v) is 6.96. The summed E-state index contributed by atoms with van der Waals surface area (Å²) in [5, 5.41) is 7.27. The lowest BCUT2D eigenvalue weighted by Gasteiger charge is -2.19. The molecule has 1 saturated heterocycles. The van der Waals surface area contributed by atoms with E-state index in [9.17, 15) is 9.18 Å². The zero-order valence-electron chi connectivity index (χ0n) is 18.7. The molecule has 32 heavy (non-hydrogen) atoms. The number of amides is 1. The lowest BCUT2D eigenvalue weighted by Crippen LogP contribution is -2.36. The Kier molecular flexibility index (Phi) is 9.26. The molecule has 3 rings (SSSR count). The number of rotatable bonds is 9. The van der Waals surface area contributed by atoms with Crippen molar-refractivity contribution in [2.45, 2.75) is 57.3 Å². The van der Waals surface area contributed by atoms with E-state index in [2.05, 4.69) is 36.3 Å². The molecule has 0 bridgehead atoms. The molecule has 2 aromatic rings. The average molecular weight is 498 g/mol. The van der Waals surface area contributed by atoms with E-state index in [0.717, 1.165) is 35.7 Å². The molecule has 0 radical (unpaired) electrons. The molecule has 1 fully saturated rings. The molecule has 174 valence electrons. The molecule has 1 aliphatic heterocycles. The predicted molar refractivity (Wildman–Crippen MR) is 132 cm³/mol. The fourth-order valence-electron chi connectivity index (χ4n) is 3.95. The van der Waals surface area contributed by atoms with Crippen LogP contribution in [0.2, 0.25) is 10.0 Å². The monoisotopic (exact) mass is 497 g/mol. The molecule has 1 atom stereocenters. The number of halogens is 3. The summed E-state index contributed by atoms with van der Waals surface area (Å²) in [7, 11) is 0. The van der Waals surface area contributed by atoms with Gasteiger partial charge in [-0.15, -0.1) is 11.8 Å². The Hall–Kier alpha value is -1.31. The maximum absolute atomic E-state index is 14.9. The van der Waals surface area contributed by atoms with Crippen LogP contribution in [0.1, 0.15) is 48.7 Å². The maximum atomic E-state index is 14.9. The van der Waals surface area contributed by atoms with Gasteiger partial charge in [0.25, 0.3) is 5.91 Å². The van der Waals surface area contributed by atoms with E-state index in [1.54, 1.807) is 17.8 Å². The average Bonchev–Trinajstić information content (AvgIpc) is 3.16. The smallest absolute Gasteiger partial charge is 0.251 e. The number of hydrogen-bond acceptors (Lipinski definition) is 4. The summed E-state index contributed by atoms with van der Waals surface area (Å²) in [5.74, 6) is 0.0935. The second-order valence-corrected chi connectivity index (χ2v) is 10.5. The molecule has 1 amide bonds. The topological polar surface area (TPSA) is 44.4 Å². The normalized spacial score (nSPS) is 16.7. The number of nitrogens with zero attached hydrogens (tertiary/aromatic N) is 1. The summed E-state index contributed by atoms with van der Waals surface area (Å²) >= 11 is 14.2. The summed E-state index contributed by atoms with van der Waals surface area (Å²) in [4.78, 5) is 15.9. The van der Waals surface area contributed by atoms with Gasteiger partial charge in [0.05, 0.1) is 0 Å². The second-order valence-electron chi connectivity index (χ2n) is 8.33. The van der Waals surface area contributed by atoms with Gasteiger partial charge in [-0.2, -0.15) is 0 Å². The number of carbonyl (C=O) groups is 1. The van der Waals surface area contributed by atoms with Crippen molar-refractivity contribution < 1.29 is 9.18 Å². The van der Waals surface area contributed by atoms with E-state index >= 15 is 0 Å². The highest BCUT2D eigenvalue weighted by Crippen LogP contribution is 2.27. The van der Waals surface area contributed by atoms with E-state index in [1.165, 1.54) is 6.07 Å². The summed E-state index contributed by atoms with van der Waals surface area (Å²) in [6.45, 7) is 8.80. The fourth-order valence-corrected chi connectivity index (χ4v) is 5.21. The SMILES string of the molecule is CCSc1ccc(Cl)cc1CNC(=O)c1cc(F)c(CN2CC[C@H](NC(C)C)C2)c(Cl)c1. The van der Waals surface area contributed by atoms with Gasteiger partial charge in [0.1, 0.15) is 5.82 Å². The van der Waals surface area contributed by atoms with Crippen molar-refractivity contribution in [2.75, 3.05) is 18.8 Å². The van der Waals surface area contributed by atoms with Crippen molar-refractivity contribution in [3.05, 3.63) is 62.9 Å². The fraction of sp³-hybridized carbons (Fsp3) is 0.458. The van der Waals surface area contributed by atoms with E-state index in [4.69, 9.17) is 23.2 Å². The van der Waals surface area contributed by atoms with Crippen LogP contribution in [0.15, 0.2) is 35.2 Å². The molecule has 0 unspecified atom stereocenters. The number of likely N-dealkylation sites (tertiary alicyclic amines) is 1. The molecular formula is C24H30Cl2FN3OS. The van der Waals surface area contributed by atoms with Gasteiger partial charge in [-0.1, -0.05) is 44.0 Å². The van der Waals surface area contributed by atoms with Crippen molar-refractivity contribution in [1.82, 2.24) is 15.5 Å². The first-order valence-electron chi connectivity index (χ1n) is 10.9. The van der Waals surface area contributed by atoms with Crippen LogP contribution in [0.5, 0.6) is 0 Å². The van der Waals surface area contributed by atoms with E-state index in [-0.39, 0.29) is 16.5 Å². The number of thioether (sulfide) groups is 1. The largest absolute Gasteiger partial charge is 0.348 e. The minimum atomic E-state index is -0.451. The summed E-state index contributed by atoms with van der Waals surface area (Å²) < 4.78 is 14.9. The quantitative estimate of drug-likeness (QED) is 0.433. The van der Waals surface area contributed by atoms with Gasteiger partial charge in [0.15, 0.2) is 0 Å². The molecular weight excluding hydrogens is 468 g/mol. The highest BCUT2D eigenvalue weighted by Gasteiger charge is 2.25. The van der Waals surface area contributed by atoms with E-state index < -0.39 is 5.82 Å². The van der Waals surface area contributed by atoms with Crippen LogP contribution in [0, 0.1) is 5.82 Å². The summed E-state index contributed by atoms with van der Waals surface area (Å²) in [6.07, 6.45) is 1.03. The molecule has 0 aliphatic carbocycles. The molecule has 1 aliphatic rings. The number of nitrogens with one attached hydrogen (secondary N) is 2. The van der Waals surface area contributed by atoms with Crippen molar-refractivity contribution in [3.8, 4) is 0 Å². The Morgan fingerprint density at radius 2 is 2.06 bits per heavy atom. The Morgan fingerprint density at radius 1 is 1.28 bits per heavy atom. The Labute approximate surface area is 204 Å². The number of hydrogen-bond donors (Lipinski definition) is 2. The minimum absolute atomic E-state index is 0.212. The molecule has 1 heterocycles. The van der Waals surface area contributed by atoms with Gasteiger partial charge in [0.2, 0.25) is 0 Å². The van der Waals surface area contributed by atoms with Gasteiger partial charge in [0, 0.05) is 64.3 Å². The van der Waals surface area contributed by atoms with Crippen molar-refractivity contribution in [2.24, 2.45) is 0 Å². The third kappa shape index (κ3) is 6.84. The molecule has 0 spiro atoms. The van der Waals surface area contributed by atoms with Gasteiger partial charge < -0.3 is 10.6 Å². The van der Waals surface area contributed by atoms with Crippen LogP contribution in [0.25, 0.3) is 0 Å². The van der Waals surface area contributed by atoms with Crippen LogP contribution < -0.4 is 10.6 Å². The van der Waals surface area contributed by atoms with Gasteiger partial charge in [-0.3, -0.25) is 9.69 Å². The first kappa shape index (κ1) is 25.3. The lowest BCUT2D eigenvalue weighted by atomic mass is 10.1. The lowest BCUT2D eigenvalue weighted by molar-refractivity contribution is 0.0950. The van der Waals surface area contributed by atoms with Gasteiger partial charge in [-0.05, 0) is 48.1 Å². The zero-order chi connectivity index (χ0) is 23.3. The molecule has 2 aromatic carbocycles. The maximum Gasteiger partial charge on any atom is 0.251 e. The van der Waals surface area contributed by atoms with Crippen molar-refractivity contribution >= 4 is 40.9 Å². The second kappa shape index (κ2) is 11.7. The molecule has 8 heteroatoms. The first-order chi connectivity index (χ1) is 15.3. The number of carbonyl (C=O) groups excluding carboxylic acids is 1. The highest BCUT2D eigenvalue weighted by atomic mass is 35.5. The van der Waals surface area contributed by atoms with Crippen LogP contribution in [0.3, 0.4) is 0 Å². The van der Waals surface area contributed by atoms with E-state index in [0.29, 0.717) is 35.8 Å². The van der Waals surface area contributed by atoms with Gasteiger partial charge in [-0.25, -0.2) is 4.39 Å². The summed E-state index contributed by atoms with van der Waals surface area (Å²) in [6, 6.07) is 9.27. The van der Waals surface area contributed by atoms with Gasteiger partial charge >= 0.3 is 0 Å².